The highest BCUT2D eigenvalue weighted by Gasteiger charge is 2.27. The first kappa shape index (κ1) is 17.8. The van der Waals surface area contributed by atoms with E-state index in [1.165, 1.54) is 5.56 Å². The van der Waals surface area contributed by atoms with Crippen LogP contribution in [0, 0.1) is 0 Å². The molecule has 4 N–H and O–H groups in total. The second-order valence-corrected chi connectivity index (χ2v) is 7.21. The molecule has 1 heterocycles. The first-order chi connectivity index (χ1) is 12.0. The monoisotopic (exact) mass is 376 g/mol. The van der Waals surface area contributed by atoms with Crippen LogP contribution in [-0.4, -0.2) is 26.8 Å². The minimum absolute atomic E-state index is 0.0304. The van der Waals surface area contributed by atoms with Gasteiger partial charge in [-0.25, -0.2) is 0 Å². The Labute approximate surface area is 157 Å². The van der Waals surface area contributed by atoms with Crippen LogP contribution >= 0.6 is 23.8 Å². The van der Waals surface area contributed by atoms with Crippen LogP contribution in [0.25, 0.3) is 0 Å². The summed E-state index contributed by atoms with van der Waals surface area (Å²) in [5, 5.41) is 20.9. The number of hydrogen-bond acceptors (Lipinski definition) is 3. The molecule has 1 unspecified atom stereocenters. The SMILES string of the molecule is NC(=S)N1CCCc2cc(O)c(O)cc2C1CCc1ccc(Cl)cc1. The second kappa shape index (κ2) is 7.50. The summed E-state index contributed by atoms with van der Waals surface area (Å²) in [6.07, 6.45) is 3.35. The Morgan fingerprint density at radius 1 is 1.20 bits per heavy atom. The fourth-order valence-electron chi connectivity index (χ4n) is 3.46. The topological polar surface area (TPSA) is 69.7 Å². The van der Waals surface area contributed by atoms with Crippen molar-refractivity contribution in [3.63, 3.8) is 0 Å². The number of thiocarbonyl (C=S) groups is 1. The molecular weight excluding hydrogens is 356 g/mol. The second-order valence-electron chi connectivity index (χ2n) is 6.36. The predicted molar refractivity (Wildman–Crippen MR) is 104 cm³/mol. The van der Waals surface area contributed by atoms with Crippen LogP contribution in [0.5, 0.6) is 11.5 Å². The minimum atomic E-state index is -0.111. The lowest BCUT2D eigenvalue weighted by Crippen LogP contribution is -2.39. The highest BCUT2D eigenvalue weighted by molar-refractivity contribution is 7.80. The van der Waals surface area contributed by atoms with Crippen molar-refractivity contribution in [2.45, 2.75) is 31.7 Å². The molecule has 132 valence electrons. The van der Waals surface area contributed by atoms with E-state index in [1.54, 1.807) is 12.1 Å². The van der Waals surface area contributed by atoms with Crippen LogP contribution in [0.4, 0.5) is 0 Å². The summed E-state index contributed by atoms with van der Waals surface area (Å²) in [7, 11) is 0. The lowest BCUT2D eigenvalue weighted by Gasteiger charge is -2.32. The Kier molecular flexibility index (Phi) is 5.35. The van der Waals surface area contributed by atoms with Gasteiger partial charge in [-0.1, -0.05) is 23.7 Å². The van der Waals surface area contributed by atoms with Gasteiger partial charge in [-0.15, -0.1) is 0 Å². The smallest absolute Gasteiger partial charge is 0.166 e. The number of phenols is 2. The molecule has 25 heavy (non-hydrogen) atoms. The zero-order valence-electron chi connectivity index (χ0n) is 13.8. The fourth-order valence-corrected chi connectivity index (χ4v) is 3.80. The van der Waals surface area contributed by atoms with Gasteiger partial charge in [0.25, 0.3) is 0 Å². The number of nitrogens with two attached hydrogens (primary N) is 1. The Morgan fingerprint density at radius 3 is 2.56 bits per heavy atom. The molecule has 1 aliphatic heterocycles. The zero-order valence-corrected chi connectivity index (χ0v) is 15.4. The number of hydrogen-bond donors (Lipinski definition) is 3. The molecule has 0 radical (unpaired) electrons. The summed E-state index contributed by atoms with van der Waals surface area (Å²) in [6.45, 7) is 0.761. The van der Waals surface area contributed by atoms with Gasteiger partial charge in [0.2, 0.25) is 0 Å². The van der Waals surface area contributed by atoms with Gasteiger partial charge >= 0.3 is 0 Å². The van der Waals surface area contributed by atoms with E-state index >= 15 is 0 Å². The third-order valence-corrected chi connectivity index (χ3v) is 5.21. The number of aromatic hydroxyl groups is 2. The van der Waals surface area contributed by atoms with Crippen molar-refractivity contribution in [3.8, 4) is 11.5 Å². The number of fused-ring (bicyclic) bond motifs is 1. The Hall–Kier alpha value is -1.98. The average Bonchev–Trinajstić information content (AvgIpc) is 2.74. The van der Waals surface area contributed by atoms with Gasteiger partial charge in [0.15, 0.2) is 16.6 Å². The van der Waals surface area contributed by atoms with Crippen LogP contribution in [0.15, 0.2) is 36.4 Å². The minimum Gasteiger partial charge on any atom is -0.504 e. The molecule has 0 amide bonds. The highest BCUT2D eigenvalue weighted by atomic mass is 35.5. The summed E-state index contributed by atoms with van der Waals surface area (Å²) in [4.78, 5) is 2.02. The van der Waals surface area contributed by atoms with Gasteiger partial charge in [0.05, 0.1) is 6.04 Å². The van der Waals surface area contributed by atoms with Gasteiger partial charge < -0.3 is 20.8 Å². The summed E-state index contributed by atoms with van der Waals surface area (Å²) in [5.41, 5.74) is 9.17. The maximum absolute atomic E-state index is 9.98. The predicted octanol–water partition coefficient (Wildman–Crippen LogP) is 3.92. The third kappa shape index (κ3) is 3.99. The van der Waals surface area contributed by atoms with Gasteiger partial charge in [0.1, 0.15) is 0 Å². The van der Waals surface area contributed by atoms with Gasteiger partial charge in [0, 0.05) is 11.6 Å². The molecule has 0 spiro atoms. The van der Waals surface area contributed by atoms with Crippen LogP contribution in [0.1, 0.15) is 35.6 Å². The summed E-state index contributed by atoms with van der Waals surface area (Å²) in [5.74, 6) is -0.195. The van der Waals surface area contributed by atoms with Gasteiger partial charge in [-0.3, -0.25) is 0 Å². The maximum Gasteiger partial charge on any atom is 0.166 e. The first-order valence-electron chi connectivity index (χ1n) is 8.31. The van der Waals surface area contributed by atoms with Crippen molar-refractivity contribution < 1.29 is 10.2 Å². The molecule has 2 aromatic rings. The third-order valence-electron chi connectivity index (χ3n) is 4.72. The molecule has 1 atom stereocenters. The molecule has 2 aromatic carbocycles. The summed E-state index contributed by atoms with van der Waals surface area (Å²) in [6, 6.07) is 11.1. The number of aryl methyl sites for hydroxylation is 2. The molecule has 0 saturated carbocycles. The van der Waals surface area contributed by atoms with Crippen molar-refractivity contribution in [2.24, 2.45) is 5.73 Å². The van der Waals surface area contributed by atoms with E-state index in [1.807, 2.05) is 29.2 Å². The summed E-state index contributed by atoms with van der Waals surface area (Å²) < 4.78 is 0. The van der Waals surface area contributed by atoms with Crippen LogP contribution in [-0.2, 0) is 12.8 Å². The molecule has 0 aromatic heterocycles. The van der Waals surface area contributed by atoms with Crippen molar-refractivity contribution >= 4 is 28.9 Å². The molecule has 0 bridgehead atoms. The van der Waals surface area contributed by atoms with Crippen molar-refractivity contribution in [1.82, 2.24) is 4.90 Å². The lowest BCUT2D eigenvalue weighted by molar-refractivity contribution is 0.307. The normalized spacial score (nSPS) is 17.0. The van der Waals surface area contributed by atoms with E-state index < -0.39 is 0 Å². The van der Waals surface area contributed by atoms with E-state index in [0.717, 1.165) is 43.4 Å². The number of rotatable bonds is 3. The maximum atomic E-state index is 9.98. The van der Waals surface area contributed by atoms with Gasteiger partial charge in [-0.05, 0) is 78.9 Å². The molecule has 0 saturated heterocycles. The quantitative estimate of drug-likeness (QED) is 0.559. The van der Waals surface area contributed by atoms with Gasteiger partial charge in [-0.2, -0.15) is 0 Å². The van der Waals surface area contributed by atoms with Crippen molar-refractivity contribution in [1.29, 1.82) is 0 Å². The van der Waals surface area contributed by atoms with E-state index in [-0.39, 0.29) is 17.5 Å². The number of benzene rings is 2. The number of nitrogens with zero attached hydrogens (tertiary/aromatic N) is 1. The van der Waals surface area contributed by atoms with Crippen molar-refractivity contribution in [3.05, 3.63) is 58.1 Å². The Balaban J connectivity index is 1.92. The average molecular weight is 377 g/mol. The molecule has 0 fully saturated rings. The first-order valence-corrected chi connectivity index (χ1v) is 9.09. The highest BCUT2D eigenvalue weighted by Crippen LogP contribution is 2.38. The van der Waals surface area contributed by atoms with Crippen molar-refractivity contribution in [2.75, 3.05) is 6.54 Å². The zero-order chi connectivity index (χ0) is 18.0. The molecule has 1 aliphatic rings. The number of halogens is 1. The Morgan fingerprint density at radius 2 is 1.88 bits per heavy atom. The Bertz CT molecular complexity index is 780. The molecular formula is C19H21ClN2O2S. The standard InChI is InChI=1S/C19H21ClN2O2S/c20-14-6-3-12(4-7-14)5-8-16-15-11-18(24)17(23)10-13(15)2-1-9-22(16)19(21)25/h3-4,6-7,10-11,16,23-24H,1-2,5,8-9H2,(H2,21,25). The van der Waals surface area contributed by atoms with Crippen LogP contribution in [0.2, 0.25) is 5.02 Å². The van der Waals surface area contributed by atoms with E-state index in [0.29, 0.717) is 10.1 Å². The van der Waals surface area contributed by atoms with Crippen LogP contribution in [0.3, 0.4) is 0 Å². The van der Waals surface area contributed by atoms with Crippen LogP contribution < -0.4 is 5.73 Å². The van der Waals surface area contributed by atoms with E-state index in [4.69, 9.17) is 29.6 Å². The molecule has 4 nitrogen and oxygen atoms in total. The molecule has 6 heteroatoms. The van der Waals surface area contributed by atoms with E-state index in [9.17, 15) is 10.2 Å². The molecule has 3 rings (SSSR count). The summed E-state index contributed by atoms with van der Waals surface area (Å²) >= 11 is 11.2. The van der Waals surface area contributed by atoms with E-state index in [2.05, 4.69) is 0 Å². The number of phenolic OH excluding ortho intramolecular Hbond substituents is 2. The largest absolute Gasteiger partial charge is 0.504 e. The molecule has 0 aliphatic carbocycles. The lowest BCUT2D eigenvalue weighted by atomic mass is 9.93. The fraction of sp³-hybridized carbons (Fsp3) is 0.316.